The molecule has 0 fully saturated rings. The van der Waals surface area contributed by atoms with Crippen LogP contribution < -0.4 is 10.6 Å². The van der Waals surface area contributed by atoms with E-state index in [0.717, 1.165) is 11.6 Å². The smallest absolute Gasteiger partial charge is 0.356 e. The Morgan fingerprint density at radius 2 is 1.93 bits per heavy atom. The molecule has 0 aliphatic rings. The minimum absolute atomic E-state index is 0.0450. The predicted octanol–water partition coefficient (Wildman–Crippen LogP) is 3.97. The summed E-state index contributed by atoms with van der Waals surface area (Å²) in [5, 5.41) is 5.93. The van der Waals surface area contributed by atoms with Gasteiger partial charge in [0.1, 0.15) is 11.9 Å². The van der Waals surface area contributed by atoms with Crippen LogP contribution in [0.25, 0.3) is 22.4 Å². The molecule has 30 heavy (non-hydrogen) atoms. The Balaban J connectivity index is 0.000000396. The Kier molecular flexibility index (Phi) is 7.32. The number of aromatic nitrogens is 4. The zero-order chi connectivity index (χ0) is 22.5. The first-order valence-electron chi connectivity index (χ1n) is 8.57. The Bertz CT molecular complexity index is 1020. The number of H-pyrrole nitrogens is 1. The van der Waals surface area contributed by atoms with Crippen LogP contribution in [0.3, 0.4) is 0 Å². The second-order valence-corrected chi connectivity index (χ2v) is 7.19. The van der Waals surface area contributed by atoms with Gasteiger partial charge in [0.05, 0.1) is 23.3 Å². The second kappa shape index (κ2) is 9.35. The van der Waals surface area contributed by atoms with Gasteiger partial charge in [0.2, 0.25) is 0 Å². The van der Waals surface area contributed by atoms with Crippen molar-refractivity contribution in [1.29, 1.82) is 0 Å². The summed E-state index contributed by atoms with van der Waals surface area (Å²) in [5.41, 5.74) is 0.319. The fourth-order valence-electron chi connectivity index (χ4n) is 2.28. The normalized spacial score (nSPS) is 11.7. The molecule has 3 rings (SSSR count). The summed E-state index contributed by atoms with van der Waals surface area (Å²) >= 11 is 5.97. The number of aldehydes is 1. The maximum atomic E-state index is 13.9. The molecule has 12 heteroatoms. The summed E-state index contributed by atoms with van der Waals surface area (Å²) in [4.78, 5) is 26.4. The van der Waals surface area contributed by atoms with E-state index in [-0.39, 0.29) is 5.82 Å². The molecule has 0 amide bonds. The molecule has 0 unspecified atom stereocenters. The summed E-state index contributed by atoms with van der Waals surface area (Å²) in [7, 11) is 1.26. The van der Waals surface area contributed by atoms with Crippen LogP contribution in [0.2, 0.25) is 5.02 Å². The van der Waals surface area contributed by atoms with Crippen LogP contribution in [0.1, 0.15) is 13.8 Å². The van der Waals surface area contributed by atoms with Crippen molar-refractivity contribution in [2.45, 2.75) is 25.6 Å². The van der Waals surface area contributed by atoms with E-state index in [1.54, 1.807) is 26.1 Å². The van der Waals surface area contributed by atoms with Gasteiger partial charge in [-0.2, -0.15) is 13.2 Å². The molecule has 3 aromatic heterocycles. The van der Waals surface area contributed by atoms with Gasteiger partial charge >= 0.3 is 6.18 Å². The number of anilines is 1. The van der Waals surface area contributed by atoms with Crippen LogP contribution in [-0.4, -0.2) is 51.5 Å². The highest BCUT2D eigenvalue weighted by molar-refractivity contribution is 6.31. The minimum atomic E-state index is -4.06. The van der Waals surface area contributed by atoms with E-state index in [1.807, 2.05) is 5.32 Å². The van der Waals surface area contributed by atoms with E-state index in [1.165, 1.54) is 13.2 Å². The number of nitrogens with zero attached hydrogens (tertiary/aromatic N) is 3. The number of carbonyl (C=O) groups excluding carboxylic acids is 1. The molecular weight excluding hydrogens is 428 g/mol. The first-order valence-corrected chi connectivity index (χ1v) is 8.95. The lowest BCUT2D eigenvalue weighted by atomic mass is 10.1. The molecule has 0 aliphatic carbocycles. The van der Waals surface area contributed by atoms with Crippen molar-refractivity contribution in [3.05, 3.63) is 35.5 Å². The lowest BCUT2D eigenvalue weighted by Crippen LogP contribution is -2.33. The highest BCUT2D eigenvalue weighted by Crippen LogP contribution is 2.28. The highest BCUT2D eigenvalue weighted by atomic mass is 35.5. The number of alkyl halides is 3. The van der Waals surface area contributed by atoms with Gasteiger partial charge < -0.3 is 20.4 Å². The standard InChI is InChI=1S/C15H13ClFN5O.C3H6F3N/c1-15(2,7-23)22-14-11(17)6-20-13(21-14)10-5-19-12-9(10)3-8(16)4-18-12;1-7-2-3(4,5)6/h3-7H,1-2H3,(H,18,19)(H,20,21,22);7H,2H2,1H3. The Morgan fingerprint density at radius 3 is 2.50 bits per heavy atom. The zero-order valence-corrected chi connectivity index (χ0v) is 17.0. The quantitative estimate of drug-likeness (QED) is 0.405. The van der Waals surface area contributed by atoms with Crippen LogP contribution in [0.5, 0.6) is 0 Å². The van der Waals surface area contributed by atoms with E-state index in [0.29, 0.717) is 28.3 Å². The Hall–Kier alpha value is -2.79. The van der Waals surface area contributed by atoms with E-state index in [4.69, 9.17) is 11.6 Å². The van der Waals surface area contributed by atoms with Gasteiger partial charge in [-0.15, -0.1) is 0 Å². The summed E-state index contributed by atoms with van der Waals surface area (Å²) in [6, 6.07) is 1.73. The lowest BCUT2D eigenvalue weighted by molar-refractivity contribution is -0.123. The van der Waals surface area contributed by atoms with E-state index in [2.05, 4.69) is 25.3 Å². The number of pyridine rings is 1. The molecule has 0 atom stereocenters. The number of fused-ring (bicyclic) bond motifs is 1. The third-order valence-corrected chi connectivity index (χ3v) is 3.80. The van der Waals surface area contributed by atoms with E-state index >= 15 is 0 Å². The van der Waals surface area contributed by atoms with Crippen molar-refractivity contribution in [2.75, 3.05) is 18.9 Å². The summed E-state index contributed by atoms with van der Waals surface area (Å²) in [6.45, 7) is 2.33. The third-order valence-electron chi connectivity index (χ3n) is 3.60. The van der Waals surface area contributed by atoms with Crippen LogP contribution in [0.15, 0.2) is 24.7 Å². The van der Waals surface area contributed by atoms with Crippen molar-refractivity contribution < 1.29 is 22.4 Å². The van der Waals surface area contributed by atoms with Gasteiger partial charge in [0, 0.05) is 23.3 Å². The SMILES string of the molecule is CC(C)(C=O)Nc1nc(-c2c[nH]c3ncc(Cl)cc23)ncc1F.CNCC(F)(F)F. The van der Waals surface area contributed by atoms with Crippen molar-refractivity contribution >= 4 is 34.7 Å². The predicted molar refractivity (Wildman–Crippen MR) is 106 cm³/mol. The molecule has 0 saturated carbocycles. The molecular formula is C18H19ClF4N6O. The number of carbonyl (C=O) groups is 1. The van der Waals surface area contributed by atoms with Gasteiger partial charge in [0.15, 0.2) is 17.5 Å². The van der Waals surface area contributed by atoms with E-state index in [9.17, 15) is 22.4 Å². The van der Waals surface area contributed by atoms with Crippen LogP contribution in [0, 0.1) is 5.82 Å². The molecule has 3 aromatic rings. The van der Waals surface area contributed by atoms with Gasteiger partial charge in [0.25, 0.3) is 0 Å². The molecule has 0 spiro atoms. The first kappa shape index (κ1) is 23.5. The van der Waals surface area contributed by atoms with Crippen molar-refractivity contribution in [1.82, 2.24) is 25.3 Å². The van der Waals surface area contributed by atoms with Gasteiger partial charge in [-0.1, -0.05) is 11.6 Å². The summed E-state index contributed by atoms with van der Waals surface area (Å²) in [6.07, 6.45) is 0.881. The zero-order valence-electron chi connectivity index (χ0n) is 16.2. The highest BCUT2D eigenvalue weighted by Gasteiger charge is 2.25. The molecule has 0 saturated heterocycles. The second-order valence-electron chi connectivity index (χ2n) is 6.75. The Labute approximate surface area is 174 Å². The molecule has 3 N–H and O–H groups in total. The number of rotatable bonds is 5. The largest absolute Gasteiger partial charge is 0.401 e. The molecule has 0 radical (unpaired) electrons. The molecule has 162 valence electrons. The maximum Gasteiger partial charge on any atom is 0.401 e. The van der Waals surface area contributed by atoms with Crippen molar-refractivity contribution in [2.24, 2.45) is 0 Å². The third kappa shape index (κ3) is 6.36. The fraction of sp³-hybridized carbons (Fsp3) is 0.333. The molecule has 0 aromatic carbocycles. The number of aromatic amines is 1. The van der Waals surface area contributed by atoms with Crippen LogP contribution >= 0.6 is 11.6 Å². The summed E-state index contributed by atoms with van der Waals surface area (Å²) in [5.74, 6) is -0.387. The fourth-order valence-corrected chi connectivity index (χ4v) is 2.44. The monoisotopic (exact) mass is 446 g/mol. The minimum Gasteiger partial charge on any atom is -0.356 e. The van der Waals surface area contributed by atoms with Gasteiger partial charge in [-0.25, -0.2) is 19.3 Å². The van der Waals surface area contributed by atoms with Gasteiger partial charge in [-0.05, 0) is 27.0 Å². The Morgan fingerprint density at radius 1 is 1.23 bits per heavy atom. The average Bonchev–Trinajstić information content (AvgIpc) is 3.06. The molecule has 7 nitrogen and oxygen atoms in total. The topological polar surface area (TPSA) is 95.6 Å². The molecule has 0 bridgehead atoms. The summed E-state index contributed by atoms with van der Waals surface area (Å²) < 4.78 is 46.9. The van der Waals surface area contributed by atoms with Crippen molar-refractivity contribution in [3.63, 3.8) is 0 Å². The van der Waals surface area contributed by atoms with E-state index < -0.39 is 24.1 Å². The maximum absolute atomic E-state index is 13.9. The van der Waals surface area contributed by atoms with Crippen LogP contribution in [-0.2, 0) is 4.79 Å². The molecule has 0 aliphatic heterocycles. The average molecular weight is 447 g/mol. The van der Waals surface area contributed by atoms with Crippen molar-refractivity contribution in [3.8, 4) is 11.4 Å². The number of nitrogens with one attached hydrogen (secondary N) is 3. The molecule has 3 heterocycles. The number of hydrogen-bond donors (Lipinski definition) is 3. The van der Waals surface area contributed by atoms with Crippen LogP contribution in [0.4, 0.5) is 23.4 Å². The number of hydrogen-bond acceptors (Lipinski definition) is 6. The first-order chi connectivity index (χ1) is 14.0. The lowest BCUT2D eigenvalue weighted by Gasteiger charge is -2.20. The van der Waals surface area contributed by atoms with Gasteiger partial charge in [-0.3, -0.25) is 0 Å². The number of halogens is 5.